The highest BCUT2D eigenvalue weighted by atomic mass is 16.1. The van der Waals surface area contributed by atoms with E-state index in [2.05, 4.69) is 17.0 Å². The zero-order valence-electron chi connectivity index (χ0n) is 10.8. The van der Waals surface area contributed by atoms with Gasteiger partial charge in [-0.3, -0.25) is 14.5 Å². The molecule has 2 aromatic rings. The zero-order chi connectivity index (χ0) is 13.0. The van der Waals surface area contributed by atoms with Crippen molar-refractivity contribution in [2.75, 3.05) is 0 Å². The van der Waals surface area contributed by atoms with Crippen molar-refractivity contribution in [1.29, 1.82) is 0 Å². The first-order valence-electron chi connectivity index (χ1n) is 6.11. The van der Waals surface area contributed by atoms with Crippen LogP contribution in [0.15, 0.2) is 30.6 Å². The molecule has 0 bridgehead atoms. The van der Waals surface area contributed by atoms with E-state index in [4.69, 9.17) is 0 Å². The Labute approximate surface area is 107 Å². The third-order valence-electron chi connectivity index (χ3n) is 2.89. The van der Waals surface area contributed by atoms with Crippen molar-refractivity contribution < 1.29 is 4.79 Å². The van der Waals surface area contributed by atoms with Crippen molar-refractivity contribution in [3.8, 4) is 0 Å². The maximum Gasteiger partial charge on any atom is 0.143 e. The summed E-state index contributed by atoms with van der Waals surface area (Å²) in [7, 11) is 1.88. The zero-order valence-corrected chi connectivity index (χ0v) is 10.8. The van der Waals surface area contributed by atoms with E-state index in [1.807, 2.05) is 25.2 Å². The third-order valence-corrected chi connectivity index (χ3v) is 2.89. The second-order valence-corrected chi connectivity index (χ2v) is 4.36. The predicted octanol–water partition coefficient (Wildman–Crippen LogP) is 1.73. The number of pyridine rings is 1. The van der Waals surface area contributed by atoms with E-state index in [1.165, 1.54) is 0 Å². The van der Waals surface area contributed by atoms with Gasteiger partial charge in [0.05, 0.1) is 5.69 Å². The monoisotopic (exact) mass is 243 g/mol. The number of Topliss-reactive ketones (excluding diaryl/α,β-unsaturated/α-hetero) is 1. The van der Waals surface area contributed by atoms with Crippen molar-refractivity contribution in [3.63, 3.8) is 0 Å². The van der Waals surface area contributed by atoms with Crippen LogP contribution in [0.25, 0.3) is 0 Å². The molecule has 18 heavy (non-hydrogen) atoms. The molecule has 0 spiro atoms. The van der Waals surface area contributed by atoms with E-state index in [1.54, 1.807) is 17.1 Å². The number of hydrogen-bond donors (Lipinski definition) is 0. The first-order chi connectivity index (χ1) is 8.69. The lowest BCUT2D eigenvalue weighted by Gasteiger charge is -2.01. The molecule has 0 saturated carbocycles. The topological polar surface area (TPSA) is 47.8 Å². The summed E-state index contributed by atoms with van der Waals surface area (Å²) in [6.07, 6.45) is 5.20. The highest BCUT2D eigenvalue weighted by Gasteiger charge is 2.10. The molecule has 2 rings (SSSR count). The van der Waals surface area contributed by atoms with Crippen LogP contribution >= 0.6 is 0 Å². The summed E-state index contributed by atoms with van der Waals surface area (Å²) < 4.78 is 1.79. The minimum atomic E-state index is 0.189. The first kappa shape index (κ1) is 12.5. The molecule has 2 aromatic heterocycles. The summed E-state index contributed by atoms with van der Waals surface area (Å²) in [5, 5.41) is 4.34. The van der Waals surface area contributed by atoms with Crippen LogP contribution in [0.5, 0.6) is 0 Å². The molecule has 0 aliphatic carbocycles. The number of hydrogen-bond acceptors (Lipinski definition) is 3. The van der Waals surface area contributed by atoms with Crippen LogP contribution in [0.2, 0.25) is 0 Å². The largest absolute Gasteiger partial charge is 0.299 e. The van der Waals surface area contributed by atoms with Gasteiger partial charge in [0.1, 0.15) is 5.78 Å². The summed E-state index contributed by atoms with van der Waals surface area (Å²) in [6.45, 7) is 2.06. The molecule has 4 nitrogen and oxygen atoms in total. The van der Waals surface area contributed by atoms with Crippen molar-refractivity contribution in [2.24, 2.45) is 7.05 Å². The molecular formula is C14H17N3O. The summed E-state index contributed by atoms with van der Waals surface area (Å²) in [5.41, 5.74) is 2.96. The van der Waals surface area contributed by atoms with Gasteiger partial charge in [-0.1, -0.05) is 13.0 Å². The minimum absolute atomic E-state index is 0.189. The van der Waals surface area contributed by atoms with Gasteiger partial charge in [-0.05, 0) is 24.1 Å². The SMILES string of the molecule is CCc1cc(CC(=O)Cc2cccnc2)n(C)n1. The van der Waals surface area contributed by atoms with Gasteiger partial charge in [-0.15, -0.1) is 0 Å². The second-order valence-electron chi connectivity index (χ2n) is 4.36. The van der Waals surface area contributed by atoms with E-state index in [0.717, 1.165) is 23.4 Å². The maximum absolute atomic E-state index is 12.0. The second kappa shape index (κ2) is 5.58. The minimum Gasteiger partial charge on any atom is -0.299 e. The van der Waals surface area contributed by atoms with Crippen LogP contribution in [0.4, 0.5) is 0 Å². The molecule has 2 heterocycles. The normalized spacial score (nSPS) is 10.6. The van der Waals surface area contributed by atoms with Gasteiger partial charge >= 0.3 is 0 Å². The van der Waals surface area contributed by atoms with E-state index in [9.17, 15) is 4.79 Å². The van der Waals surface area contributed by atoms with Crippen molar-refractivity contribution in [1.82, 2.24) is 14.8 Å². The van der Waals surface area contributed by atoms with Crippen molar-refractivity contribution >= 4 is 5.78 Å². The summed E-state index contributed by atoms with van der Waals surface area (Å²) in [6, 6.07) is 5.77. The van der Waals surface area contributed by atoms with E-state index in [0.29, 0.717) is 12.8 Å². The molecule has 0 unspecified atom stereocenters. The number of carbonyl (C=O) groups is 1. The Bertz CT molecular complexity index is 531. The fraction of sp³-hybridized carbons (Fsp3) is 0.357. The van der Waals surface area contributed by atoms with Crippen molar-refractivity contribution in [2.45, 2.75) is 26.2 Å². The highest BCUT2D eigenvalue weighted by molar-refractivity contribution is 5.82. The van der Waals surface area contributed by atoms with Crippen LogP contribution in [-0.4, -0.2) is 20.5 Å². The molecule has 0 aliphatic rings. The van der Waals surface area contributed by atoms with Gasteiger partial charge in [0.15, 0.2) is 0 Å². The molecule has 0 aromatic carbocycles. The third kappa shape index (κ3) is 3.03. The Hall–Kier alpha value is -1.97. The molecule has 0 fully saturated rings. The number of carbonyl (C=O) groups excluding carboxylic acids is 1. The average molecular weight is 243 g/mol. The van der Waals surface area contributed by atoms with E-state index >= 15 is 0 Å². The Kier molecular flexibility index (Phi) is 3.87. The van der Waals surface area contributed by atoms with Gasteiger partial charge in [-0.25, -0.2) is 0 Å². The molecular weight excluding hydrogens is 226 g/mol. The lowest BCUT2D eigenvalue weighted by Crippen LogP contribution is -2.10. The smallest absolute Gasteiger partial charge is 0.143 e. The quantitative estimate of drug-likeness (QED) is 0.803. The Morgan fingerprint density at radius 2 is 2.22 bits per heavy atom. The lowest BCUT2D eigenvalue weighted by atomic mass is 10.1. The van der Waals surface area contributed by atoms with E-state index in [-0.39, 0.29) is 5.78 Å². The number of nitrogens with zero attached hydrogens (tertiary/aromatic N) is 3. The molecule has 4 heteroatoms. The van der Waals surface area contributed by atoms with E-state index < -0.39 is 0 Å². The van der Waals surface area contributed by atoms with Gasteiger partial charge < -0.3 is 0 Å². The van der Waals surface area contributed by atoms with Crippen LogP contribution in [0.3, 0.4) is 0 Å². The molecule has 94 valence electrons. The average Bonchev–Trinajstić information content (AvgIpc) is 2.71. The van der Waals surface area contributed by atoms with Gasteiger partial charge in [0.25, 0.3) is 0 Å². The van der Waals surface area contributed by atoms with Gasteiger partial charge in [0, 0.05) is 38.0 Å². The standard InChI is InChI=1S/C14H17N3O/c1-3-12-8-13(17(2)16-12)9-14(18)7-11-5-4-6-15-10-11/h4-6,8,10H,3,7,9H2,1-2H3. The number of aromatic nitrogens is 3. The highest BCUT2D eigenvalue weighted by Crippen LogP contribution is 2.07. The maximum atomic E-state index is 12.0. The number of ketones is 1. The summed E-state index contributed by atoms with van der Waals surface area (Å²) in [4.78, 5) is 16.0. The molecule has 0 N–H and O–H groups in total. The van der Waals surface area contributed by atoms with Crippen molar-refractivity contribution in [3.05, 3.63) is 47.5 Å². The Balaban J connectivity index is 2.01. The molecule has 0 aliphatic heterocycles. The Morgan fingerprint density at radius 1 is 1.39 bits per heavy atom. The first-order valence-corrected chi connectivity index (χ1v) is 6.11. The van der Waals surface area contributed by atoms with Crippen LogP contribution < -0.4 is 0 Å². The molecule has 0 atom stereocenters. The van der Waals surface area contributed by atoms with Crippen LogP contribution in [0, 0.1) is 0 Å². The summed E-state index contributed by atoms with van der Waals surface area (Å²) in [5.74, 6) is 0.189. The number of rotatable bonds is 5. The molecule has 0 radical (unpaired) electrons. The molecule has 0 saturated heterocycles. The van der Waals surface area contributed by atoms with Crippen LogP contribution in [-0.2, 0) is 31.1 Å². The predicted molar refractivity (Wildman–Crippen MR) is 69.2 cm³/mol. The van der Waals surface area contributed by atoms with Gasteiger partial charge in [0.2, 0.25) is 0 Å². The fourth-order valence-electron chi connectivity index (χ4n) is 1.90. The Morgan fingerprint density at radius 3 is 2.83 bits per heavy atom. The summed E-state index contributed by atoms with van der Waals surface area (Å²) >= 11 is 0. The molecule has 0 amide bonds. The fourth-order valence-corrected chi connectivity index (χ4v) is 1.90. The van der Waals surface area contributed by atoms with Crippen LogP contribution in [0.1, 0.15) is 23.9 Å². The van der Waals surface area contributed by atoms with Gasteiger partial charge in [-0.2, -0.15) is 5.10 Å². The lowest BCUT2D eigenvalue weighted by molar-refractivity contribution is -0.117. The number of aryl methyl sites for hydroxylation is 2.